The fourth-order valence-electron chi connectivity index (χ4n) is 2.41. The molecule has 1 aliphatic rings. The molecular formula is C13H24N2O3. The first-order chi connectivity index (χ1) is 8.45. The average Bonchev–Trinajstić information content (AvgIpc) is 2.38. The molecule has 0 spiro atoms. The zero-order valence-electron chi connectivity index (χ0n) is 11.3. The van der Waals surface area contributed by atoms with E-state index in [1.54, 1.807) is 4.90 Å². The Bertz CT molecular complexity index is 309. The number of carbonyl (C=O) groups excluding carboxylic acids is 1. The minimum Gasteiger partial charge on any atom is -0.481 e. The average molecular weight is 256 g/mol. The molecule has 1 amide bonds. The summed E-state index contributed by atoms with van der Waals surface area (Å²) in [6, 6.07) is 0. The van der Waals surface area contributed by atoms with Crippen molar-refractivity contribution in [2.75, 3.05) is 19.6 Å². The second kappa shape index (κ2) is 6.18. The molecule has 0 aromatic rings. The van der Waals surface area contributed by atoms with Gasteiger partial charge in [0.25, 0.3) is 0 Å². The van der Waals surface area contributed by atoms with Crippen molar-refractivity contribution in [3.63, 3.8) is 0 Å². The number of amides is 1. The van der Waals surface area contributed by atoms with Gasteiger partial charge in [0, 0.05) is 19.5 Å². The maximum Gasteiger partial charge on any atom is 0.309 e. The maximum absolute atomic E-state index is 12.0. The number of likely N-dealkylation sites (tertiary alicyclic amines) is 1. The number of hydrogen-bond acceptors (Lipinski definition) is 3. The maximum atomic E-state index is 12.0. The van der Waals surface area contributed by atoms with Gasteiger partial charge < -0.3 is 15.7 Å². The summed E-state index contributed by atoms with van der Waals surface area (Å²) < 4.78 is 0. The molecule has 1 atom stereocenters. The van der Waals surface area contributed by atoms with Crippen LogP contribution < -0.4 is 5.73 Å². The Morgan fingerprint density at radius 1 is 1.39 bits per heavy atom. The molecule has 3 N–H and O–H groups in total. The number of carbonyl (C=O) groups is 2. The summed E-state index contributed by atoms with van der Waals surface area (Å²) in [5, 5.41) is 9.28. The van der Waals surface area contributed by atoms with E-state index in [9.17, 15) is 14.7 Å². The second-order valence-electron chi connectivity index (χ2n) is 5.36. The highest BCUT2D eigenvalue weighted by atomic mass is 16.4. The lowest BCUT2D eigenvalue weighted by Gasteiger charge is -2.38. The van der Waals surface area contributed by atoms with Gasteiger partial charge in [-0.05, 0) is 31.7 Å². The van der Waals surface area contributed by atoms with Crippen LogP contribution >= 0.6 is 0 Å². The summed E-state index contributed by atoms with van der Waals surface area (Å²) in [5.41, 5.74) is 4.88. The Kier molecular flexibility index (Phi) is 5.14. The van der Waals surface area contributed by atoms with Crippen molar-refractivity contribution in [3.8, 4) is 0 Å². The highest BCUT2D eigenvalue weighted by Gasteiger charge is 2.40. The smallest absolute Gasteiger partial charge is 0.309 e. The number of aliphatic carboxylic acids is 1. The normalized spacial score (nSPS) is 20.5. The van der Waals surface area contributed by atoms with E-state index < -0.39 is 11.4 Å². The van der Waals surface area contributed by atoms with Crippen molar-refractivity contribution >= 4 is 11.9 Å². The Morgan fingerprint density at radius 2 is 1.94 bits per heavy atom. The summed E-state index contributed by atoms with van der Waals surface area (Å²) in [5.74, 6) is -0.440. The minimum absolute atomic E-state index is 0.100. The third-order valence-corrected chi connectivity index (χ3v) is 4.13. The molecule has 1 unspecified atom stereocenters. The van der Waals surface area contributed by atoms with Crippen molar-refractivity contribution in [3.05, 3.63) is 0 Å². The summed E-state index contributed by atoms with van der Waals surface area (Å²) in [6.45, 7) is 5.47. The van der Waals surface area contributed by atoms with Crippen LogP contribution in [0.15, 0.2) is 0 Å². The van der Waals surface area contributed by atoms with E-state index in [2.05, 4.69) is 0 Å². The lowest BCUT2D eigenvalue weighted by Crippen LogP contribution is -2.46. The van der Waals surface area contributed by atoms with Crippen LogP contribution in [0.2, 0.25) is 0 Å². The monoisotopic (exact) mass is 256 g/mol. The fraction of sp³-hybridized carbons (Fsp3) is 0.846. The molecule has 18 heavy (non-hydrogen) atoms. The molecule has 0 radical (unpaired) electrons. The van der Waals surface area contributed by atoms with Crippen LogP contribution in [0.25, 0.3) is 0 Å². The predicted molar refractivity (Wildman–Crippen MR) is 69.0 cm³/mol. The molecule has 5 heteroatoms. The third-order valence-electron chi connectivity index (χ3n) is 4.13. The highest BCUT2D eigenvalue weighted by Crippen LogP contribution is 2.35. The van der Waals surface area contributed by atoms with Gasteiger partial charge in [-0.3, -0.25) is 9.59 Å². The molecule has 1 saturated heterocycles. The van der Waals surface area contributed by atoms with Gasteiger partial charge in [-0.2, -0.15) is 0 Å². The molecule has 1 heterocycles. The zero-order valence-corrected chi connectivity index (χ0v) is 11.3. The molecule has 0 aromatic heterocycles. The Balaban J connectivity index is 2.53. The SMILES string of the molecule is CCC1(C(=O)O)CCN(C(=O)CC(C)CN)CC1. The largest absolute Gasteiger partial charge is 0.481 e. The van der Waals surface area contributed by atoms with E-state index >= 15 is 0 Å². The molecule has 0 aromatic carbocycles. The number of nitrogens with two attached hydrogens (primary N) is 1. The summed E-state index contributed by atoms with van der Waals surface area (Å²) >= 11 is 0. The Labute approximate surface area is 108 Å². The molecule has 1 fully saturated rings. The molecule has 0 bridgehead atoms. The highest BCUT2D eigenvalue weighted by molar-refractivity contribution is 5.78. The third kappa shape index (κ3) is 3.22. The number of carboxylic acids is 1. The van der Waals surface area contributed by atoms with Crippen LogP contribution in [-0.2, 0) is 9.59 Å². The van der Waals surface area contributed by atoms with Crippen LogP contribution in [0.1, 0.15) is 39.5 Å². The van der Waals surface area contributed by atoms with Gasteiger partial charge in [0.15, 0.2) is 0 Å². The van der Waals surface area contributed by atoms with Gasteiger partial charge in [0.1, 0.15) is 0 Å². The number of piperidine rings is 1. The van der Waals surface area contributed by atoms with E-state index in [0.717, 1.165) is 0 Å². The number of nitrogens with zero attached hydrogens (tertiary/aromatic N) is 1. The van der Waals surface area contributed by atoms with Crippen molar-refractivity contribution < 1.29 is 14.7 Å². The van der Waals surface area contributed by atoms with Crippen LogP contribution in [0, 0.1) is 11.3 Å². The van der Waals surface area contributed by atoms with Crippen molar-refractivity contribution in [2.45, 2.75) is 39.5 Å². The molecule has 1 aliphatic heterocycles. The summed E-state index contributed by atoms with van der Waals surface area (Å²) in [7, 11) is 0. The van der Waals surface area contributed by atoms with E-state index in [4.69, 9.17) is 5.73 Å². The van der Waals surface area contributed by atoms with E-state index in [-0.39, 0.29) is 11.8 Å². The summed E-state index contributed by atoms with van der Waals surface area (Å²) in [4.78, 5) is 25.0. The molecule has 104 valence electrons. The van der Waals surface area contributed by atoms with Crippen LogP contribution in [0.4, 0.5) is 0 Å². The number of hydrogen-bond donors (Lipinski definition) is 2. The summed E-state index contributed by atoms with van der Waals surface area (Å²) in [6.07, 6.45) is 2.20. The molecule has 1 rings (SSSR count). The van der Waals surface area contributed by atoms with Crippen LogP contribution in [0.5, 0.6) is 0 Å². The van der Waals surface area contributed by atoms with E-state index in [1.807, 2.05) is 13.8 Å². The zero-order chi connectivity index (χ0) is 13.8. The fourth-order valence-corrected chi connectivity index (χ4v) is 2.41. The van der Waals surface area contributed by atoms with Crippen molar-refractivity contribution in [2.24, 2.45) is 17.1 Å². The first-order valence-electron chi connectivity index (χ1n) is 6.66. The van der Waals surface area contributed by atoms with Gasteiger partial charge in [-0.25, -0.2) is 0 Å². The minimum atomic E-state index is -0.729. The van der Waals surface area contributed by atoms with E-state index in [1.165, 1.54) is 0 Å². The Hall–Kier alpha value is -1.10. The van der Waals surface area contributed by atoms with Crippen LogP contribution in [0.3, 0.4) is 0 Å². The molecule has 5 nitrogen and oxygen atoms in total. The molecular weight excluding hydrogens is 232 g/mol. The first-order valence-corrected chi connectivity index (χ1v) is 6.66. The van der Waals surface area contributed by atoms with Gasteiger partial charge in [-0.1, -0.05) is 13.8 Å². The van der Waals surface area contributed by atoms with Gasteiger partial charge in [0.05, 0.1) is 5.41 Å². The molecule has 0 saturated carbocycles. The van der Waals surface area contributed by atoms with Gasteiger partial charge in [-0.15, -0.1) is 0 Å². The quantitative estimate of drug-likeness (QED) is 0.771. The standard InChI is InChI=1S/C13H24N2O3/c1-3-13(12(17)18)4-6-15(7-5-13)11(16)8-10(2)9-14/h10H,3-9,14H2,1-2H3,(H,17,18). The van der Waals surface area contributed by atoms with Gasteiger partial charge in [0.2, 0.25) is 5.91 Å². The lowest BCUT2D eigenvalue weighted by molar-refractivity contribution is -0.154. The van der Waals surface area contributed by atoms with Crippen molar-refractivity contribution in [1.82, 2.24) is 4.90 Å². The second-order valence-corrected chi connectivity index (χ2v) is 5.36. The van der Waals surface area contributed by atoms with Crippen molar-refractivity contribution in [1.29, 1.82) is 0 Å². The number of carboxylic acid groups (broad SMARTS) is 1. The molecule has 0 aliphatic carbocycles. The first kappa shape index (κ1) is 15.0. The lowest BCUT2D eigenvalue weighted by atomic mass is 9.76. The predicted octanol–water partition coefficient (Wildman–Crippen LogP) is 1.07. The van der Waals surface area contributed by atoms with Crippen LogP contribution in [-0.4, -0.2) is 41.5 Å². The van der Waals surface area contributed by atoms with Gasteiger partial charge >= 0.3 is 5.97 Å². The topological polar surface area (TPSA) is 83.6 Å². The van der Waals surface area contributed by atoms with E-state index in [0.29, 0.717) is 45.3 Å². The Morgan fingerprint density at radius 3 is 2.33 bits per heavy atom. The number of rotatable bonds is 5.